The Bertz CT molecular complexity index is 1010. The molecule has 186 valence electrons. The normalized spacial score (nSPS) is 19.5. The number of carbonyl (C=O) groups is 3. The number of amides is 3. The summed E-state index contributed by atoms with van der Waals surface area (Å²) in [6.07, 6.45) is -0.981. The van der Waals surface area contributed by atoms with Crippen LogP contribution in [0.25, 0.3) is 10.1 Å². The molecule has 3 amide bonds. The number of imide groups is 1. The van der Waals surface area contributed by atoms with Gasteiger partial charge in [-0.25, -0.2) is 4.79 Å². The average molecular weight is 490 g/mol. The number of β-amino-alcohol motifs (C(OH)–C–C–N with tert-alkyl or cyclic N) is 1. The fraction of sp³-hybridized carbons (Fsp3) is 0.560. The molecule has 0 bridgehead atoms. The van der Waals surface area contributed by atoms with Crippen LogP contribution in [0.4, 0.5) is 4.79 Å². The number of hydrogen-bond acceptors (Lipinski definition) is 7. The largest absolute Gasteiger partial charge is 0.444 e. The van der Waals surface area contributed by atoms with Crippen molar-refractivity contribution >= 4 is 39.3 Å². The summed E-state index contributed by atoms with van der Waals surface area (Å²) in [7, 11) is 0. The second-order valence-corrected chi connectivity index (χ2v) is 11.4. The molecule has 0 saturated carbocycles. The molecule has 3 rings (SSSR count). The van der Waals surface area contributed by atoms with Gasteiger partial charge in [0.15, 0.2) is 0 Å². The lowest BCUT2D eigenvalue weighted by atomic mass is 10.0. The van der Waals surface area contributed by atoms with Crippen LogP contribution in [0.15, 0.2) is 30.3 Å². The average Bonchev–Trinajstić information content (AvgIpc) is 3.33. The molecule has 34 heavy (non-hydrogen) atoms. The summed E-state index contributed by atoms with van der Waals surface area (Å²) in [5, 5.41) is 11.6. The highest BCUT2D eigenvalue weighted by Gasteiger charge is 2.40. The van der Waals surface area contributed by atoms with Gasteiger partial charge < -0.3 is 20.5 Å². The van der Waals surface area contributed by atoms with Gasteiger partial charge in [-0.2, -0.15) is 0 Å². The van der Waals surface area contributed by atoms with Crippen molar-refractivity contribution in [3.63, 3.8) is 0 Å². The lowest BCUT2D eigenvalue weighted by molar-refractivity contribution is -0.131. The zero-order valence-electron chi connectivity index (χ0n) is 20.5. The van der Waals surface area contributed by atoms with Gasteiger partial charge in [0.1, 0.15) is 5.60 Å². The van der Waals surface area contributed by atoms with Gasteiger partial charge in [0, 0.05) is 23.7 Å². The molecule has 1 aromatic heterocycles. The first-order chi connectivity index (χ1) is 15.9. The number of fused-ring (bicyclic) bond motifs is 1. The van der Waals surface area contributed by atoms with Gasteiger partial charge in [0.05, 0.1) is 23.6 Å². The third-order valence-corrected chi connectivity index (χ3v) is 6.77. The molecule has 2 aromatic rings. The van der Waals surface area contributed by atoms with Crippen LogP contribution in [0.5, 0.6) is 0 Å². The minimum absolute atomic E-state index is 0.0296. The van der Waals surface area contributed by atoms with Gasteiger partial charge in [0.25, 0.3) is 5.91 Å². The first-order valence-electron chi connectivity index (χ1n) is 11.6. The highest BCUT2D eigenvalue weighted by atomic mass is 32.1. The smallest absolute Gasteiger partial charge is 0.410 e. The summed E-state index contributed by atoms with van der Waals surface area (Å²) < 4.78 is 6.36. The highest BCUT2D eigenvalue weighted by molar-refractivity contribution is 7.20. The molecule has 0 radical (unpaired) electrons. The molecular formula is C25H35N3O5S. The first-order valence-corrected chi connectivity index (χ1v) is 12.4. The molecule has 3 atom stereocenters. The van der Waals surface area contributed by atoms with E-state index in [2.05, 4.69) is 0 Å². The zero-order chi connectivity index (χ0) is 25.2. The van der Waals surface area contributed by atoms with Gasteiger partial charge in [0.2, 0.25) is 5.91 Å². The van der Waals surface area contributed by atoms with Crippen molar-refractivity contribution < 1.29 is 24.2 Å². The van der Waals surface area contributed by atoms with E-state index in [0.29, 0.717) is 11.3 Å². The van der Waals surface area contributed by atoms with Crippen molar-refractivity contribution in [3.8, 4) is 0 Å². The van der Waals surface area contributed by atoms with Crippen LogP contribution >= 0.6 is 11.3 Å². The van der Waals surface area contributed by atoms with Crippen LogP contribution in [-0.4, -0.2) is 70.2 Å². The molecule has 1 aromatic carbocycles. The Labute approximate surface area is 204 Å². The van der Waals surface area contributed by atoms with E-state index in [1.54, 1.807) is 26.8 Å². The zero-order valence-corrected chi connectivity index (χ0v) is 21.3. The summed E-state index contributed by atoms with van der Waals surface area (Å²) in [6.45, 7) is 9.47. The number of nitrogens with two attached hydrogens (primary N) is 1. The van der Waals surface area contributed by atoms with Crippen molar-refractivity contribution in [2.75, 3.05) is 19.6 Å². The van der Waals surface area contributed by atoms with E-state index >= 15 is 0 Å². The molecule has 9 heteroatoms. The molecule has 3 N–H and O–H groups in total. The molecule has 0 aliphatic carbocycles. The first kappa shape index (κ1) is 26.1. The quantitative estimate of drug-likeness (QED) is 0.642. The van der Waals surface area contributed by atoms with Gasteiger partial charge >= 0.3 is 6.09 Å². The number of aliphatic hydroxyl groups is 1. The lowest BCUT2D eigenvalue weighted by Crippen LogP contribution is -2.50. The van der Waals surface area contributed by atoms with E-state index in [0.717, 1.165) is 15.0 Å². The molecule has 2 heterocycles. The molecule has 1 aliphatic heterocycles. The Morgan fingerprint density at radius 3 is 2.53 bits per heavy atom. The van der Waals surface area contributed by atoms with Crippen molar-refractivity contribution in [1.29, 1.82) is 0 Å². The summed E-state index contributed by atoms with van der Waals surface area (Å²) >= 11 is 1.32. The maximum atomic E-state index is 13.5. The number of rotatable bonds is 6. The lowest BCUT2D eigenvalue weighted by Gasteiger charge is -2.28. The number of hydrogen-bond donors (Lipinski definition) is 2. The van der Waals surface area contributed by atoms with Crippen LogP contribution < -0.4 is 5.73 Å². The third-order valence-electron chi connectivity index (χ3n) is 5.67. The Morgan fingerprint density at radius 1 is 1.24 bits per heavy atom. The van der Waals surface area contributed by atoms with Crippen molar-refractivity contribution in [2.24, 2.45) is 17.6 Å². The number of carbonyl (C=O) groups excluding carboxylic acids is 3. The number of thiophene rings is 1. The molecular weight excluding hydrogens is 454 g/mol. The summed E-state index contributed by atoms with van der Waals surface area (Å²) in [5.41, 5.74) is 5.51. The highest BCUT2D eigenvalue weighted by Crippen LogP contribution is 2.28. The van der Waals surface area contributed by atoms with E-state index in [1.165, 1.54) is 16.2 Å². The van der Waals surface area contributed by atoms with E-state index in [9.17, 15) is 19.5 Å². The minimum atomic E-state index is -0.889. The predicted octanol–water partition coefficient (Wildman–Crippen LogP) is 3.47. The molecule has 0 spiro atoms. The maximum absolute atomic E-state index is 13.5. The van der Waals surface area contributed by atoms with Crippen LogP contribution in [0.2, 0.25) is 0 Å². The van der Waals surface area contributed by atoms with E-state index < -0.39 is 41.6 Å². The van der Waals surface area contributed by atoms with E-state index in [4.69, 9.17) is 10.5 Å². The van der Waals surface area contributed by atoms with Crippen molar-refractivity contribution in [3.05, 3.63) is 35.2 Å². The van der Waals surface area contributed by atoms with E-state index in [1.807, 2.05) is 38.1 Å². The van der Waals surface area contributed by atoms with Crippen LogP contribution in [0.1, 0.15) is 50.7 Å². The minimum Gasteiger partial charge on any atom is -0.444 e. The van der Waals surface area contributed by atoms with Gasteiger partial charge in [-0.15, -0.1) is 11.3 Å². The summed E-state index contributed by atoms with van der Waals surface area (Å²) in [4.78, 5) is 42.3. The van der Waals surface area contributed by atoms with Crippen LogP contribution in [-0.2, 0) is 9.53 Å². The second-order valence-electron chi connectivity index (χ2n) is 10.4. The van der Waals surface area contributed by atoms with Gasteiger partial charge in [-0.05, 0) is 50.6 Å². The summed E-state index contributed by atoms with van der Waals surface area (Å²) in [6, 6.07) is 8.57. The number of ether oxygens (including phenoxy) is 1. The topological polar surface area (TPSA) is 113 Å². The Morgan fingerprint density at radius 2 is 1.91 bits per heavy atom. The van der Waals surface area contributed by atoms with Gasteiger partial charge in [-0.1, -0.05) is 32.0 Å². The third kappa shape index (κ3) is 6.34. The summed E-state index contributed by atoms with van der Waals surface area (Å²) in [5.74, 6) is -1.23. The Kier molecular flexibility index (Phi) is 8.00. The monoisotopic (exact) mass is 489 g/mol. The Balaban J connectivity index is 1.83. The molecule has 1 saturated heterocycles. The standard InChI is InChI=1S/C25H35N3O5S/c1-15(2)10-18(26)22(30)28(23(31)21-11-16-8-6-7-9-20(16)34-21)13-17-12-27(14-19(17)29)24(32)33-25(3,4)5/h6-9,11,15,17-19,29H,10,12-14,26H2,1-5H3/t17-,18-,19-/m0/s1. The molecule has 8 nitrogen and oxygen atoms in total. The molecule has 1 aliphatic rings. The van der Waals surface area contributed by atoms with Crippen LogP contribution in [0.3, 0.4) is 0 Å². The Hall–Kier alpha value is -2.49. The number of aliphatic hydroxyl groups excluding tert-OH is 1. The number of nitrogens with zero attached hydrogens (tertiary/aromatic N) is 2. The second kappa shape index (κ2) is 10.4. The number of benzene rings is 1. The maximum Gasteiger partial charge on any atom is 0.410 e. The van der Waals surface area contributed by atoms with Crippen LogP contribution in [0, 0.1) is 11.8 Å². The predicted molar refractivity (Wildman–Crippen MR) is 133 cm³/mol. The SMILES string of the molecule is CC(C)C[C@H](N)C(=O)N(C[C@@H]1CN(C(=O)OC(C)(C)C)C[C@@H]1O)C(=O)c1cc2ccccc2s1. The van der Waals surface area contributed by atoms with Gasteiger partial charge in [-0.3, -0.25) is 14.5 Å². The van der Waals surface area contributed by atoms with Crippen molar-refractivity contribution in [2.45, 2.75) is 58.8 Å². The number of likely N-dealkylation sites (tertiary alicyclic amines) is 1. The fourth-order valence-electron chi connectivity index (χ4n) is 4.05. The fourth-order valence-corrected chi connectivity index (χ4v) is 5.06. The van der Waals surface area contributed by atoms with E-state index in [-0.39, 0.29) is 25.6 Å². The molecule has 1 fully saturated rings. The van der Waals surface area contributed by atoms with Crippen molar-refractivity contribution in [1.82, 2.24) is 9.80 Å². The molecule has 0 unspecified atom stereocenters.